The summed E-state index contributed by atoms with van der Waals surface area (Å²) in [6.07, 6.45) is 3.40. The topological polar surface area (TPSA) is 65.2 Å². The van der Waals surface area contributed by atoms with Crippen molar-refractivity contribution in [1.82, 2.24) is 9.88 Å². The average molecular weight is 275 g/mol. The molecule has 20 heavy (non-hydrogen) atoms. The monoisotopic (exact) mass is 275 g/mol. The molecule has 1 aliphatic heterocycles. The number of halogens is 1. The highest BCUT2D eigenvalue weighted by Crippen LogP contribution is 2.13. The molecule has 0 saturated carbocycles. The Labute approximate surface area is 114 Å². The van der Waals surface area contributed by atoms with Crippen LogP contribution in [0.15, 0.2) is 29.2 Å². The molecule has 0 unspecified atom stereocenters. The largest absolute Gasteiger partial charge is 0.359 e. The number of urea groups is 1. The smallest absolute Gasteiger partial charge is 0.321 e. The molecule has 6 heteroatoms. The second-order valence-electron chi connectivity index (χ2n) is 4.85. The second-order valence-corrected chi connectivity index (χ2v) is 4.85. The SMILES string of the molecule is O=C(Nc1c[nH]c2ccc(F)cc2c1=O)N1CCCC1. The van der Waals surface area contributed by atoms with E-state index in [1.54, 1.807) is 4.90 Å². The standard InChI is InChI=1S/C14H14FN3O2/c15-9-3-4-11-10(7-9)13(19)12(8-16-11)17-14(20)18-5-1-2-6-18/h3-4,7-8H,1-2,5-6H2,(H,16,19)(H,17,20). The van der Waals surface area contributed by atoms with Crippen LogP contribution >= 0.6 is 0 Å². The number of carbonyl (C=O) groups excluding carboxylic acids is 1. The Morgan fingerprint density at radius 3 is 2.80 bits per heavy atom. The Kier molecular flexibility index (Phi) is 3.14. The number of likely N-dealkylation sites (tertiary alicyclic amines) is 1. The number of nitrogens with zero attached hydrogens (tertiary/aromatic N) is 1. The molecule has 2 N–H and O–H groups in total. The lowest BCUT2D eigenvalue weighted by Crippen LogP contribution is -2.33. The maximum Gasteiger partial charge on any atom is 0.321 e. The van der Waals surface area contributed by atoms with E-state index in [2.05, 4.69) is 10.3 Å². The first-order chi connectivity index (χ1) is 9.65. The molecule has 0 aliphatic carbocycles. The van der Waals surface area contributed by atoms with E-state index in [9.17, 15) is 14.0 Å². The summed E-state index contributed by atoms with van der Waals surface area (Å²) < 4.78 is 13.2. The highest BCUT2D eigenvalue weighted by atomic mass is 19.1. The minimum absolute atomic E-state index is 0.139. The van der Waals surface area contributed by atoms with Crippen molar-refractivity contribution in [3.63, 3.8) is 0 Å². The van der Waals surface area contributed by atoms with E-state index >= 15 is 0 Å². The van der Waals surface area contributed by atoms with Crippen molar-refractivity contribution in [1.29, 1.82) is 0 Å². The Balaban J connectivity index is 1.93. The van der Waals surface area contributed by atoms with Gasteiger partial charge in [0.05, 0.1) is 5.39 Å². The summed E-state index contributed by atoms with van der Waals surface area (Å²) in [4.78, 5) is 28.7. The van der Waals surface area contributed by atoms with Crippen LogP contribution in [0.2, 0.25) is 0 Å². The van der Waals surface area contributed by atoms with Crippen LogP contribution in [0.5, 0.6) is 0 Å². The first kappa shape index (κ1) is 12.7. The molecule has 3 rings (SSSR count). The molecule has 0 spiro atoms. The number of fused-ring (bicyclic) bond motifs is 1. The van der Waals surface area contributed by atoms with Crippen molar-refractivity contribution in [3.05, 3.63) is 40.4 Å². The van der Waals surface area contributed by atoms with E-state index in [1.165, 1.54) is 24.4 Å². The van der Waals surface area contributed by atoms with Crippen LogP contribution in [0.3, 0.4) is 0 Å². The zero-order chi connectivity index (χ0) is 14.1. The van der Waals surface area contributed by atoms with Crippen LogP contribution in [0, 0.1) is 5.82 Å². The van der Waals surface area contributed by atoms with Crippen molar-refractivity contribution in [2.45, 2.75) is 12.8 Å². The minimum Gasteiger partial charge on any atom is -0.359 e. The summed E-state index contributed by atoms with van der Waals surface area (Å²) in [5, 5.41) is 2.81. The summed E-state index contributed by atoms with van der Waals surface area (Å²) in [6.45, 7) is 1.40. The lowest BCUT2D eigenvalue weighted by molar-refractivity contribution is 0.222. The molecular weight excluding hydrogens is 261 g/mol. The predicted octanol–water partition coefficient (Wildman–Crippen LogP) is 2.29. The van der Waals surface area contributed by atoms with E-state index in [4.69, 9.17) is 0 Å². The van der Waals surface area contributed by atoms with Crippen LogP contribution in [0.25, 0.3) is 10.9 Å². The molecule has 1 saturated heterocycles. The van der Waals surface area contributed by atoms with Gasteiger partial charge in [-0.1, -0.05) is 0 Å². The third kappa shape index (κ3) is 2.24. The summed E-state index contributed by atoms with van der Waals surface area (Å²) >= 11 is 0. The van der Waals surface area contributed by atoms with Crippen LogP contribution in [0.4, 0.5) is 14.9 Å². The molecule has 1 fully saturated rings. The number of anilines is 1. The zero-order valence-corrected chi connectivity index (χ0v) is 10.8. The van der Waals surface area contributed by atoms with Gasteiger partial charge in [0.1, 0.15) is 11.5 Å². The number of aromatic nitrogens is 1. The first-order valence-corrected chi connectivity index (χ1v) is 6.52. The van der Waals surface area contributed by atoms with Gasteiger partial charge >= 0.3 is 6.03 Å². The fourth-order valence-electron chi connectivity index (χ4n) is 2.40. The van der Waals surface area contributed by atoms with E-state index < -0.39 is 5.82 Å². The van der Waals surface area contributed by atoms with Crippen LogP contribution in [-0.2, 0) is 0 Å². The summed E-state index contributed by atoms with van der Waals surface area (Å²) in [5.41, 5.74) is 0.293. The third-order valence-electron chi connectivity index (χ3n) is 3.48. The fourth-order valence-corrected chi connectivity index (χ4v) is 2.40. The Morgan fingerprint density at radius 1 is 1.30 bits per heavy atom. The molecule has 2 heterocycles. The maximum atomic E-state index is 13.2. The number of aromatic amines is 1. The van der Waals surface area contributed by atoms with Crippen molar-refractivity contribution in [2.75, 3.05) is 18.4 Å². The third-order valence-corrected chi connectivity index (χ3v) is 3.48. The van der Waals surface area contributed by atoms with Gasteiger partial charge in [0.25, 0.3) is 0 Å². The molecule has 2 amide bonds. The lowest BCUT2D eigenvalue weighted by atomic mass is 10.2. The molecule has 2 aromatic rings. The molecule has 104 valence electrons. The second kappa shape index (κ2) is 4.96. The Morgan fingerprint density at radius 2 is 2.05 bits per heavy atom. The summed E-state index contributed by atoms with van der Waals surface area (Å²) in [6, 6.07) is 3.65. The van der Waals surface area contributed by atoms with Crippen molar-refractivity contribution in [3.8, 4) is 0 Å². The van der Waals surface area contributed by atoms with Gasteiger partial charge in [0.15, 0.2) is 0 Å². The van der Waals surface area contributed by atoms with Gasteiger partial charge in [0, 0.05) is 24.8 Å². The highest BCUT2D eigenvalue weighted by molar-refractivity contribution is 5.92. The number of benzene rings is 1. The van der Waals surface area contributed by atoms with Crippen molar-refractivity contribution >= 4 is 22.6 Å². The molecule has 5 nitrogen and oxygen atoms in total. The number of hydrogen-bond donors (Lipinski definition) is 2. The number of amides is 2. The van der Waals surface area contributed by atoms with Gasteiger partial charge in [-0.2, -0.15) is 0 Å². The predicted molar refractivity (Wildman–Crippen MR) is 74.4 cm³/mol. The molecule has 0 radical (unpaired) electrons. The molecule has 1 aromatic heterocycles. The molecule has 0 atom stereocenters. The van der Waals surface area contributed by atoms with E-state index in [1.807, 2.05) is 0 Å². The zero-order valence-electron chi connectivity index (χ0n) is 10.8. The van der Waals surface area contributed by atoms with Crippen LogP contribution < -0.4 is 10.7 Å². The molecule has 0 bridgehead atoms. The summed E-state index contributed by atoms with van der Waals surface area (Å²) in [5.74, 6) is -0.481. The number of H-pyrrole nitrogens is 1. The Bertz CT molecular complexity index is 720. The number of nitrogens with one attached hydrogen (secondary N) is 2. The van der Waals surface area contributed by atoms with Crippen LogP contribution in [0.1, 0.15) is 12.8 Å². The lowest BCUT2D eigenvalue weighted by Gasteiger charge is -2.15. The fraction of sp³-hybridized carbons (Fsp3) is 0.286. The van der Waals surface area contributed by atoms with E-state index in [0.717, 1.165) is 12.8 Å². The van der Waals surface area contributed by atoms with Gasteiger partial charge in [-0.3, -0.25) is 4.79 Å². The average Bonchev–Trinajstić information content (AvgIpc) is 2.96. The van der Waals surface area contributed by atoms with Gasteiger partial charge < -0.3 is 15.2 Å². The van der Waals surface area contributed by atoms with Crippen molar-refractivity contribution in [2.24, 2.45) is 0 Å². The molecule has 1 aliphatic rings. The number of pyridine rings is 1. The minimum atomic E-state index is -0.481. The number of rotatable bonds is 1. The van der Waals surface area contributed by atoms with Gasteiger partial charge in [-0.15, -0.1) is 0 Å². The summed E-state index contributed by atoms with van der Waals surface area (Å²) in [7, 11) is 0. The highest BCUT2D eigenvalue weighted by Gasteiger charge is 2.19. The normalized spacial score (nSPS) is 14.8. The van der Waals surface area contributed by atoms with Crippen molar-refractivity contribution < 1.29 is 9.18 Å². The Hall–Kier alpha value is -2.37. The number of carbonyl (C=O) groups is 1. The van der Waals surface area contributed by atoms with Gasteiger partial charge in [-0.25, -0.2) is 9.18 Å². The number of hydrogen-bond acceptors (Lipinski definition) is 2. The van der Waals surface area contributed by atoms with Gasteiger partial charge in [0.2, 0.25) is 5.43 Å². The first-order valence-electron chi connectivity index (χ1n) is 6.52. The van der Waals surface area contributed by atoms with E-state index in [-0.39, 0.29) is 22.5 Å². The maximum absolute atomic E-state index is 13.2. The van der Waals surface area contributed by atoms with Crippen LogP contribution in [-0.4, -0.2) is 29.0 Å². The van der Waals surface area contributed by atoms with Gasteiger partial charge in [-0.05, 0) is 31.0 Å². The quantitative estimate of drug-likeness (QED) is 0.838. The van der Waals surface area contributed by atoms with E-state index in [0.29, 0.717) is 18.6 Å². The molecular formula is C14H14FN3O2. The molecule has 1 aromatic carbocycles.